The molecule has 4 nitrogen and oxygen atoms in total. The van der Waals surface area contributed by atoms with E-state index in [4.69, 9.17) is 0 Å². The fraction of sp³-hybridized carbons (Fsp3) is 0.750. The number of hydrogen-bond donors (Lipinski definition) is 1. The molecule has 2 saturated heterocycles. The molecule has 1 aromatic rings. The van der Waals surface area contributed by atoms with Crippen molar-refractivity contribution in [2.24, 2.45) is 7.05 Å². The van der Waals surface area contributed by atoms with Crippen LogP contribution >= 0.6 is 0 Å². The first-order chi connectivity index (χ1) is 7.70. The van der Waals surface area contributed by atoms with Crippen LogP contribution < -0.4 is 0 Å². The molecule has 1 N–H and O–H groups in total. The van der Waals surface area contributed by atoms with Gasteiger partial charge in [0, 0.05) is 31.4 Å². The normalized spacial score (nSPS) is 35.2. The van der Waals surface area contributed by atoms with Crippen molar-refractivity contribution in [3.63, 3.8) is 0 Å². The van der Waals surface area contributed by atoms with Crippen molar-refractivity contribution in [2.45, 2.75) is 37.3 Å². The number of aliphatic hydroxyl groups is 1. The minimum Gasteiger partial charge on any atom is -0.383 e. The van der Waals surface area contributed by atoms with Crippen LogP contribution in [0.5, 0.6) is 0 Å². The minimum absolute atomic E-state index is 0.311. The molecule has 2 aliphatic heterocycles. The number of hydrogen-bond acceptors (Lipinski definition) is 3. The fourth-order valence-electron chi connectivity index (χ4n) is 3.26. The Bertz CT molecular complexity index is 389. The highest BCUT2D eigenvalue weighted by Crippen LogP contribution is 2.41. The molecule has 2 atom stereocenters. The van der Waals surface area contributed by atoms with E-state index in [2.05, 4.69) is 10.00 Å². The van der Waals surface area contributed by atoms with E-state index in [9.17, 15) is 5.11 Å². The largest absolute Gasteiger partial charge is 0.383 e. The summed E-state index contributed by atoms with van der Waals surface area (Å²) in [6, 6.07) is 0.311. The van der Waals surface area contributed by atoms with E-state index in [1.165, 1.54) is 12.8 Å². The van der Waals surface area contributed by atoms with E-state index in [-0.39, 0.29) is 0 Å². The number of aryl methyl sites for hydroxylation is 1. The van der Waals surface area contributed by atoms with Crippen LogP contribution in [0.1, 0.15) is 31.2 Å². The second kappa shape index (κ2) is 3.57. The number of fused-ring (bicyclic) bond motifs is 1. The number of aromatic nitrogens is 2. The summed E-state index contributed by atoms with van der Waals surface area (Å²) in [5.74, 6) is 0. The first-order valence-corrected chi connectivity index (χ1v) is 6.16. The molecule has 88 valence electrons. The Hall–Kier alpha value is -0.870. The molecule has 1 aromatic heterocycles. The van der Waals surface area contributed by atoms with Crippen molar-refractivity contribution in [2.75, 3.05) is 13.1 Å². The van der Waals surface area contributed by atoms with Crippen molar-refractivity contribution in [1.82, 2.24) is 14.7 Å². The zero-order valence-electron chi connectivity index (χ0n) is 9.76. The Morgan fingerprint density at radius 2 is 2.31 bits per heavy atom. The molecule has 0 spiro atoms. The lowest BCUT2D eigenvalue weighted by molar-refractivity contribution is -0.0138. The zero-order chi connectivity index (χ0) is 11.2. The topological polar surface area (TPSA) is 41.3 Å². The van der Waals surface area contributed by atoms with Crippen molar-refractivity contribution in [3.8, 4) is 0 Å². The highest BCUT2D eigenvalue weighted by molar-refractivity contribution is 5.21. The first kappa shape index (κ1) is 10.3. The van der Waals surface area contributed by atoms with Crippen molar-refractivity contribution < 1.29 is 5.11 Å². The second-order valence-electron chi connectivity index (χ2n) is 5.12. The van der Waals surface area contributed by atoms with E-state index >= 15 is 0 Å². The molecule has 3 heterocycles. The van der Waals surface area contributed by atoms with Gasteiger partial charge >= 0.3 is 0 Å². The predicted molar refractivity (Wildman–Crippen MR) is 60.9 cm³/mol. The van der Waals surface area contributed by atoms with E-state index in [0.717, 1.165) is 31.5 Å². The molecule has 4 heteroatoms. The quantitative estimate of drug-likeness (QED) is 0.765. The van der Waals surface area contributed by atoms with Gasteiger partial charge in [0.15, 0.2) is 0 Å². The Labute approximate surface area is 95.9 Å². The van der Waals surface area contributed by atoms with Crippen LogP contribution in [0.25, 0.3) is 0 Å². The third-order valence-electron chi connectivity index (χ3n) is 4.15. The van der Waals surface area contributed by atoms with Crippen LogP contribution in [0.4, 0.5) is 0 Å². The summed E-state index contributed by atoms with van der Waals surface area (Å²) >= 11 is 0. The van der Waals surface area contributed by atoms with Gasteiger partial charge in [0.2, 0.25) is 0 Å². The molecule has 2 fully saturated rings. The van der Waals surface area contributed by atoms with Gasteiger partial charge in [0.1, 0.15) is 5.60 Å². The van der Waals surface area contributed by atoms with Crippen LogP contribution in [0, 0.1) is 0 Å². The second-order valence-corrected chi connectivity index (χ2v) is 5.12. The average Bonchev–Trinajstić information content (AvgIpc) is 2.86. The van der Waals surface area contributed by atoms with E-state index < -0.39 is 5.60 Å². The number of piperidine rings is 1. The Morgan fingerprint density at radius 3 is 3.06 bits per heavy atom. The van der Waals surface area contributed by atoms with Gasteiger partial charge in [0.25, 0.3) is 0 Å². The highest BCUT2D eigenvalue weighted by atomic mass is 16.3. The molecule has 0 aliphatic carbocycles. The smallest absolute Gasteiger partial charge is 0.109 e. The van der Waals surface area contributed by atoms with Gasteiger partial charge in [0.05, 0.1) is 6.20 Å². The van der Waals surface area contributed by atoms with E-state index in [1.54, 1.807) is 4.68 Å². The summed E-state index contributed by atoms with van der Waals surface area (Å²) in [5.41, 5.74) is 0.332. The Morgan fingerprint density at radius 1 is 1.44 bits per heavy atom. The number of nitrogens with zero attached hydrogens (tertiary/aromatic N) is 3. The average molecular weight is 221 g/mol. The van der Waals surface area contributed by atoms with Crippen LogP contribution in [-0.2, 0) is 12.6 Å². The van der Waals surface area contributed by atoms with Crippen LogP contribution in [0.3, 0.4) is 0 Å². The molecule has 0 amide bonds. The van der Waals surface area contributed by atoms with Gasteiger partial charge in [-0.2, -0.15) is 5.10 Å². The maximum absolute atomic E-state index is 10.9. The Balaban J connectivity index is 1.92. The molecule has 0 bridgehead atoms. The summed E-state index contributed by atoms with van der Waals surface area (Å²) in [7, 11) is 1.90. The molecule has 0 saturated carbocycles. The first-order valence-electron chi connectivity index (χ1n) is 6.16. The van der Waals surface area contributed by atoms with Crippen LogP contribution in [-0.4, -0.2) is 38.9 Å². The monoisotopic (exact) mass is 221 g/mol. The van der Waals surface area contributed by atoms with Crippen LogP contribution in [0.15, 0.2) is 12.4 Å². The maximum Gasteiger partial charge on any atom is 0.109 e. The van der Waals surface area contributed by atoms with Crippen LogP contribution in [0.2, 0.25) is 0 Å². The molecule has 2 unspecified atom stereocenters. The Kier molecular flexibility index (Phi) is 2.30. The predicted octanol–water partition coefficient (Wildman–Crippen LogP) is 0.866. The molecule has 16 heavy (non-hydrogen) atoms. The summed E-state index contributed by atoms with van der Waals surface area (Å²) in [6.45, 7) is 2.17. The maximum atomic E-state index is 10.9. The molecular formula is C12H19N3O. The van der Waals surface area contributed by atoms with E-state index in [1.807, 2.05) is 19.4 Å². The standard InChI is InChI=1S/C12H19N3O/c1-14-9-10(8-13-14)12(16)5-7-15-6-3-2-4-11(12)15/h8-9,11,16H,2-7H2,1H3. The summed E-state index contributed by atoms with van der Waals surface area (Å²) in [6.07, 6.45) is 8.26. The lowest BCUT2D eigenvalue weighted by Crippen LogP contribution is -2.45. The van der Waals surface area contributed by atoms with Gasteiger partial charge in [-0.3, -0.25) is 9.58 Å². The van der Waals surface area contributed by atoms with Crippen molar-refractivity contribution in [3.05, 3.63) is 18.0 Å². The van der Waals surface area contributed by atoms with Gasteiger partial charge in [-0.05, 0) is 25.8 Å². The van der Waals surface area contributed by atoms with Gasteiger partial charge in [-0.1, -0.05) is 6.42 Å². The van der Waals surface area contributed by atoms with Gasteiger partial charge < -0.3 is 5.11 Å². The lowest BCUT2D eigenvalue weighted by atomic mass is 9.84. The summed E-state index contributed by atoms with van der Waals surface area (Å²) < 4.78 is 1.78. The fourth-order valence-corrected chi connectivity index (χ4v) is 3.26. The third-order valence-corrected chi connectivity index (χ3v) is 4.15. The molecule has 3 rings (SSSR count). The number of rotatable bonds is 1. The summed E-state index contributed by atoms with van der Waals surface area (Å²) in [5, 5.41) is 15.1. The molecular weight excluding hydrogens is 202 g/mol. The minimum atomic E-state index is -0.658. The molecule has 2 aliphatic rings. The van der Waals surface area contributed by atoms with Crippen molar-refractivity contribution >= 4 is 0 Å². The highest BCUT2D eigenvalue weighted by Gasteiger charge is 2.48. The SMILES string of the molecule is Cn1cc(C2(O)CCN3CCCCC32)cn1. The summed E-state index contributed by atoms with van der Waals surface area (Å²) in [4.78, 5) is 2.44. The van der Waals surface area contributed by atoms with Gasteiger partial charge in [-0.15, -0.1) is 0 Å². The third kappa shape index (κ3) is 1.40. The van der Waals surface area contributed by atoms with E-state index in [0.29, 0.717) is 6.04 Å². The molecule has 0 radical (unpaired) electrons. The molecule has 0 aromatic carbocycles. The van der Waals surface area contributed by atoms with Gasteiger partial charge in [-0.25, -0.2) is 0 Å². The zero-order valence-corrected chi connectivity index (χ0v) is 9.76. The van der Waals surface area contributed by atoms with Crippen molar-refractivity contribution in [1.29, 1.82) is 0 Å². The lowest BCUT2D eigenvalue weighted by Gasteiger charge is -2.36.